The lowest BCUT2D eigenvalue weighted by atomic mass is 10.0. The molecule has 11 heteroatoms. The van der Waals surface area contributed by atoms with Gasteiger partial charge in [-0.25, -0.2) is 13.9 Å². The number of aliphatic imine (C=N–C) groups is 1. The number of nitrogens with two attached hydrogens (primary N) is 1. The summed E-state index contributed by atoms with van der Waals surface area (Å²) in [7, 11) is 0. The minimum atomic E-state index is -3.09. The zero-order valence-electron chi connectivity index (χ0n) is 17.6. The van der Waals surface area contributed by atoms with Gasteiger partial charge in [-0.2, -0.15) is 8.78 Å². The Bertz CT molecular complexity index is 1060. The van der Waals surface area contributed by atoms with Crippen molar-refractivity contribution in [1.29, 1.82) is 0 Å². The number of carbonyl (C=O) groups is 1. The summed E-state index contributed by atoms with van der Waals surface area (Å²) < 4.78 is 48.3. The first-order chi connectivity index (χ1) is 15.4. The highest BCUT2D eigenvalue weighted by Gasteiger charge is 2.30. The standard InChI is InChI=1S/C21H25F3N6O2/c1-2-29-6-5-13(29)11-32-17(9-25)19(27-21(23)24)15-7-14-8-18(26-20(31)12-3-4-12)28-30(14)10-16(15)22/h7-10,12-13,21H,2-6,11,25H2,1H3,(H,26,28,31)/b17-9+,27-19+. The van der Waals surface area contributed by atoms with E-state index >= 15 is 0 Å². The Balaban J connectivity index is 1.60. The van der Waals surface area contributed by atoms with Crippen molar-refractivity contribution in [3.63, 3.8) is 0 Å². The van der Waals surface area contributed by atoms with Crippen molar-refractivity contribution in [1.82, 2.24) is 14.5 Å². The van der Waals surface area contributed by atoms with Gasteiger partial charge in [-0.3, -0.25) is 9.69 Å². The van der Waals surface area contributed by atoms with E-state index in [1.807, 2.05) is 6.92 Å². The molecule has 2 aromatic rings. The highest BCUT2D eigenvalue weighted by Crippen LogP contribution is 2.30. The van der Waals surface area contributed by atoms with E-state index in [9.17, 15) is 18.0 Å². The number of likely N-dealkylation sites (tertiary alicyclic amines) is 1. The molecule has 2 fully saturated rings. The van der Waals surface area contributed by atoms with Gasteiger partial charge in [0.25, 0.3) is 0 Å². The highest BCUT2D eigenvalue weighted by molar-refractivity contribution is 6.12. The molecule has 8 nitrogen and oxygen atoms in total. The normalized spacial score (nSPS) is 20.0. The van der Waals surface area contributed by atoms with Crippen LogP contribution in [0.5, 0.6) is 0 Å². The maximum Gasteiger partial charge on any atom is 0.332 e. The Hall–Kier alpha value is -3.08. The van der Waals surface area contributed by atoms with E-state index in [1.165, 1.54) is 16.6 Å². The smallest absolute Gasteiger partial charge is 0.332 e. The van der Waals surface area contributed by atoms with Crippen molar-refractivity contribution in [2.75, 3.05) is 25.0 Å². The van der Waals surface area contributed by atoms with Crippen LogP contribution in [0.1, 0.15) is 31.7 Å². The van der Waals surface area contributed by atoms with E-state index in [0.29, 0.717) is 5.52 Å². The fraction of sp³-hybridized carbons (Fsp3) is 0.476. The lowest BCUT2D eigenvalue weighted by molar-refractivity contribution is -0.117. The lowest BCUT2D eigenvalue weighted by Gasteiger charge is -2.40. The monoisotopic (exact) mass is 450 g/mol. The first-order valence-corrected chi connectivity index (χ1v) is 10.5. The molecular formula is C21H25F3N6O2. The first-order valence-electron chi connectivity index (χ1n) is 10.5. The second-order valence-electron chi connectivity index (χ2n) is 7.87. The van der Waals surface area contributed by atoms with Crippen LogP contribution in [-0.4, -0.2) is 58.4 Å². The second kappa shape index (κ2) is 9.19. The maximum atomic E-state index is 14.9. The van der Waals surface area contributed by atoms with Crippen LogP contribution in [0.3, 0.4) is 0 Å². The molecule has 1 aliphatic heterocycles. The third-order valence-corrected chi connectivity index (χ3v) is 5.72. The van der Waals surface area contributed by atoms with Gasteiger partial charge in [-0.15, -0.1) is 5.10 Å². The second-order valence-corrected chi connectivity index (χ2v) is 7.87. The zero-order valence-corrected chi connectivity index (χ0v) is 17.6. The van der Waals surface area contributed by atoms with Gasteiger partial charge in [0.15, 0.2) is 17.4 Å². The molecule has 1 saturated heterocycles. The highest BCUT2D eigenvalue weighted by atomic mass is 19.3. The molecule has 1 aliphatic carbocycles. The molecule has 4 rings (SSSR count). The molecule has 1 unspecified atom stereocenters. The summed E-state index contributed by atoms with van der Waals surface area (Å²) in [6.07, 6.45) is 4.63. The average Bonchev–Trinajstić information content (AvgIpc) is 3.50. The minimum Gasteiger partial charge on any atom is -0.488 e. The van der Waals surface area contributed by atoms with Gasteiger partial charge < -0.3 is 15.8 Å². The Morgan fingerprint density at radius 3 is 2.78 bits per heavy atom. The van der Waals surface area contributed by atoms with E-state index < -0.39 is 12.4 Å². The summed E-state index contributed by atoms with van der Waals surface area (Å²) in [5.41, 5.74) is 5.45. The number of aromatic nitrogens is 2. The molecule has 0 bridgehead atoms. The van der Waals surface area contributed by atoms with Gasteiger partial charge in [0.2, 0.25) is 5.91 Å². The van der Waals surface area contributed by atoms with E-state index in [4.69, 9.17) is 10.5 Å². The van der Waals surface area contributed by atoms with Crippen molar-refractivity contribution in [3.05, 3.63) is 41.7 Å². The number of ether oxygens (including phenoxy) is 1. The molecule has 1 atom stereocenters. The van der Waals surface area contributed by atoms with Gasteiger partial charge in [0, 0.05) is 36.3 Å². The van der Waals surface area contributed by atoms with Crippen LogP contribution >= 0.6 is 0 Å². The minimum absolute atomic E-state index is 0.0226. The number of amides is 1. The Kier molecular flexibility index (Phi) is 6.35. The van der Waals surface area contributed by atoms with Crippen LogP contribution in [-0.2, 0) is 9.53 Å². The fourth-order valence-corrected chi connectivity index (χ4v) is 3.67. The molecule has 2 aromatic heterocycles. The van der Waals surface area contributed by atoms with Crippen molar-refractivity contribution in [3.8, 4) is 0 Å². The number of alkyl halides is 2. The number of rotatable bonds is 9. The van der Waals surface area contributed by atoms with Gasteiger partial charge >= 0.3 is 6.55 Å². The Morgan fingerprint density at radius 1 is 1.41 bits per heavy atom. The molecule has 3 N–H and O–H groups in total. The number of anilines is 1. The molecule has 0 spiro atoms. The molecule has 172 valence electrons. The van der Waals surface area contributed by atoms with Crippen LogP contribution in [0.15, 0.2) is 35.3 Å². The lowest BCUT2D eigenvalue weighted by Crippen LogP contribution is -2.50. The number of hydrogen-bond donors (Lipinski definition) is 2. The maximum absolute atomic E-state index is 14.9. The van der Waals surface area contributed by atoms with Gasteiger partial charge in [-0.05, 0) is 31.9 Å². The average molecular weight is 450 g/mol. The molecule has 0 radical (unpaired) electrons. The number of nitrogens with one attached hydrogen (secondary N) is 1. The topological polar surface area (TPSA) is 97.2 Å². The fourth-order valence-electron chi connectivity index (χ4n) is 3.67. The molecule has 1 saturated carbocycles. The summed E-state index contributed by atoms with van der Waals surface area (Å²) in [6, 6.07) is 3.00. The summed E-state index contributed by atoms with van der Waals surface area (Å²) >= 11 is 0. The molecule has 3 heterocycles. The zero-order chi connectivity index (χ0) is 22.8. The van der Waals surface area contributed by atoms with Crippen LogP contribution in [0.4, 0.5) is 19.0 Å². The number of allylic oxidation sites excluding steroid dienone is 1. The van der Waals surface area contributed by atoms with Crippen LogP contribution in [0, 0.1) is 11.7 Å². The summed E-state index contributed by atoms with van der Waals surface area (Å²) in [4.78, 5) is 17.4. The van der Waals surface area contributed by atoms with Crippen LogP contribution in [0.2, 0.25) is 0 Å². The third-order valence-electron chi connectivity index (χ3n) is 5.72. The van der Waals surface area contributed by atoms with Crippen LogP contribution in [0.25, 0.3) is 5.52 Å². The third kappa shape index (κ3) is 4.72. The quantitative estimate of drug-likeness (QED) is 0.348. The molecule has 2 aliphatic rings. The number of pyridine rings is 1. The number of carbonyl (C=O) groups excluding carboxylic acids is 1. The number of nitrogens with zero attached hydrogens (tertiary/aromatic N) is 4. The SMILES string of the molecule is CCN1CCC1COC(=C/N)/C(=N/C(F)F)c1cc2cc(NC(=O)C3CC3)nn2cc1F. The first kappa shape index (κ1) is 22.1. The predicted molar refractivity (Wildman–Crippen MR) is 113 cm³/mol. The van der Waals surface area contributed by atoms with E-state index in [0.717, 1.165) is 44.7 Å². The van der Waals surface area contributed by atoms with E-state index in [2.05, 4.69) is 20.3 Å². The Labute approximate surface area is 182 Å². The number of likely N-dealkylation sites (N-methyl/N-ethyl adjacent to an activating group) is 1. The molecule has 32 heavy (non-hydrogen) atoms. The van der Waals surface area contributed by atoms with Crippen molar-refractivity contribution < 1.29 is 22.7 Å². The van der Waals surface area contributed by atoms with Gasteiger partial charge in [0.1, 0.15) is 12.3 Å². The van der Waals surface area contributed by atoms with Crippen molar-refractivity contribution in [2.24, 2.45) is 16.6 Å². The summed E-state index contributed by atoms with van der Waals surface area (Å²) in [5.74, 6) is -0.875. The van der Waals surface area contributed by atoms with E-state index in [1.54, 1.807) is 0 Å². The molecule has 1 amide bonds. The van der Waals surface area contributed by atoms with Crippen LogP contribution < -0.4 is 11.1 Å². The Morgan fingerprint density at radius 2 is 2.19 bits per heavy atom. The predicted octanol–water partition coefficient (Wildman–Crippen LogP) is 2.74. The molecular weight excluding hydrogens is 425 g/mol. The summed E-state index contributed by atoms with van der Waals surface area (Å²) in [6.45, 7) is 0.948. The van der Waals surface area contributed by atoms with Crippen molar-refractivity contribution >= 4 is 23.0 Å². The van der Waals surface area contributed by atoms with E-state index in [-0.39, 0.29) is 47.3 Å². The number of hydrogen-bond acceptors (Lipinski definition) is 6. The molecule has 0 aromatic carbocycles. The summed E-state index contributed by atoms with van der Waals surface area (Å²) in [5, 5.41) is 6.81. The number of halogens is 3. The van der Waals surface area contributed by atoms with Crippen molar-refractivity contribution in [2.45, 2.75) is 38.8 Å². The van der Waals surface area contributed by atoms with Gasteiger partial charge in [-0.1, -0.05) is 6.92 Å². The van der Waals surface area contributed by atoms with Gasteiger partial charge in [0.05, 0.1) is 11.7 Å². The largest absolute Gasteiger partial charge is 0.488 e. The number of fused-ring (bicyclic) bond motifs is 1.